The Kier molecular flexibility index (Phi) is 4.24. The average Bonchev–Trinajstić information content (AvgIpc) is 2.65. The van der Waals surface area contributed by atoms with Crippen LogP contribution in [0.15, 0.2) is 16.7 Å². The average molecular weight is 265 g/mol. The molecule has 1 saturated carbocycles. The topological polar surface area (TPSA) is 79.5 Å². The molecule has 2 N–H and O–H groups in total. The Labute approximate surface area is 112 Å². The predicted molar refractivity (Wildman–Crippen MR) is 68.9 cm³/mol. The minimum absolute atomic E-state index is 0.246. The zero-order chi connectivity index (χ0) is 13.8. The quantitative estimate of drug-likeness (QED) is 0.822. The summed E-state index contributed by atoms with van der Waals surface area (Å²) in [7, 11) is 0. The van der Waals surface area contributed by atoms with Gasteiger partial charge in [0.05, 0.1) is 17.7 Å². The molecule has 1 aliphatic rings. The summed E-state index contributed by atoms with van der Waals surface area (Å²) in [6.45, 7) is 1.72. The number of nitrogens with one attached hydrogen (secondary N) is 1. The maximum absolute atomic E-state index is 12.1. The first-order valence-corrected chi connectivity index (χ1v) is 6.67. The molecule has 1 aliphatic carbocycles. The first-order chi connectivity index (χ1) is 9.09. The number of amides is 1. The van der Waals surface area contributed by atoms with Gasteiger partial charge in [0.1, 0.15) is 5.76 Å². The molecule has 2 unspecified atom stereocenters. The fourth-order valence-electron chi connectivity index (χ4n) is 2.64. The van der Waals surface area contributed by atoms with Gasteiger partial charge in [0.25, 0.3) is 5.91 Å². The SMILES string of the molecule is Cc1occc1C(=O)NC1CCCCCC1C(=O)O. The van der Waals surface area contributed by atoms with Crippen molar-refractivity contribution in [3.63, 3.8) is 0 Å². The number of carboxylic acid groups (broad SMARTS) is 1. The molecule has 0 bridgehead atoms. The van der Waals surface area contributed by atoms with Gasteiger partial charge in [-0.1, -0.05) is 19.3 Å². The molecule has 2 atom stereocenters. The van der Waals surface area contributed by atoms with Gasteiger partial charge in [0.2, 0.25) is 0 Å². The van der Waals surface area contributed by atoms with Crippen molar-refractivity contribution < 1.29 is 19.1 Å². The summed E-state index contributed by atoms with van der Waals surface area (Å²) in [4.78, 5) is 23.4. The van der Waals surface area contributed by atoms with Crippen LogP contribution in [0, 0.1) is 12.8 Å². The molecule has 19 heavy (non-hydrogen) atoms. The lowest BCUT2D eigenvalue weighted by atomic mass is 9.94. The van der Waals surface area contributed by atoms with Crippen molar-refractivity contribution in [3.8, 4) is 0 Å². The summed E-state index contributed by atoms with van der Waals surface area (Å²) < 4.78 is 5.10. The van der Waals surface area contributed by atoms with Crippen molar-refractivity contribution in [1.29, 1.82) is 0 Å². The summed E-state index contributed by atoms with van der Waals surface area (Å²) in [5.41, 5.74) is 0.480. The lowest BCUT2D eigenvalue weighted by Crippen LogP contribution is -2.42. The van der Waals surface area contributed by atoms with Crippen molar-refractivity contribution in [3.05, 3.63) is 23.7 Å². The molecule has 1 fully saturated rings. The second kappa shape index (κ2) is 5.91. The van der Waals surface area contributed by atoms with Crippen molar-refractivity contribution in [2.75, 3.05) is 0 Å². The Balaban J connectivity index is 2.08. The molecule has 104 valence electrons. The largest absolute Gasteiger partial charge is 0.481 e. The van der Waals surface area contributed by atoms with Crippen LogP contribution in [-0.2, 0) is 4.79 Å². The number of hydrogen-bond acceptors (Lipinski definition) is 3. The van der Waals surface area contributed by atoms with Crippen LogP contribution in [0.3, 0.4) is 0 Å². The number of furan rings is 1. The van der Waals surface area contributed by atoms with Gasteiger partial charge in [0, 0.05) is 6.04 Å². The molecule has 5 nitrogen and oxygen atoms in total. The van der Waals surface area contributed by atoms with Crippen LogP contribution in [0.2, 0.25) is 0 Å². The normalized spacial score (nSPS) is 23.6. The Bertz CT molecular complexity index is 466. The van der Waals surface area contributed by atoms with Crippen LogP contribution < -0.4 is 5.32 Å². The van der Waals surface area contributed by atoms with E-state index in [0.717, 1.165) is 25.7 Å². The molecule has 1 amide bonds. The molecule has 0 aliphatic heterocycles. The summed E-state index contributed by atoms with van der Waals surface area (Å²) in [6.07, 6.45) is 5.71. The van der Waals surface area contributed by atoms with Gasteiger partial charge < -0.3 is 14.8 Å². The van der Waals surface area contributed by atoms with Crippen LogP contribution in [0.4, 0.5) is 0 Å². The Morgan fingerprint density at radius 2 is 2.05 bits per heavy atom. The van der Waals surface area contributed by atoms with Gasteiger partial charge in [-0.2, -0.15) is 0 Å². The van der Waals surface area contributed by atoms with Crippen molar-refractivity contribution in [2.24, 2.45) is 5.92 Å². The lowest BCUT2D eigenvalue weighted by Gasteiger charge is -2.22. The van der Waals surface area contributed by atoms with Crippen LogP contribution >= 0.6 is 0 Å². The second-order valence-corrected chi connectivity index (χ2v) is 5.05. The molecule has 0 aromatic carbocycles. The molecule has 5 heteroatoms. The number of carbonyl (C=O) groups is 2. The van der Waals surface area contributed by atoms with Crippen molar-refractivity contribution >= 4 is 11.9 Å². The van der Waals surface area contributed by atoms with Crippen LogP contribution in [0.1, 0.15) is 48.2 Å². The first-order valence-electron chi connectivity index (χ1n) is 6.67. The number of rotatable bonds is 3. The number of carbonyl (C=O) groups excluding carboxylic acids is 1. The molecule has 2 rings (SSSR count). The zero-order valence-electron chi connectivity index (χ0n) is 11.0. The third-order valence-electron chi connectivity index (χ3n) is 3.75. The molecule has 0 spiro atoms. The molecule has 1 heterocycles. The van der Waals surface area contributed by atoms with E-state index in [2.05, 4.69) is 5.32 Å². The standard InChI is InChI=1S/C14H19NO4/c1-9-10(7-8-19-9)13(16)15-12-6-4-2-3-5-11(12)14(17)18/h7-8,11-12H,2-6H2,1H3,(H,15,16)(H,17,18). The van der Waals surface area contributed by atoms with Gasteiger partial charge in [-0.15, -0.1) is 0 Å². The van der Waals surface area contributed by atoms with E-state index >= 15 is 0 Å². The van der Waals surface area contributed by atoms with E-state index in [-0.39, 0.29) is 11.9 Å². The van der Waals surface area contributed by atoms with E-state index in [0.29, 0.717) is 17.7 Å². The Morgan fingerprint density at radius 3 is 2.68 bits per heavy atom. The molecule has 1 aromatic rings. The minimum Gasteiger partial charge on any atom is -0.481 e. The number of aliphatic carboxylic acids is 1. The zero-order valence-corrected chi connectivity index (χ0v) is 11.0. The van der Waals surface area contributed by atoms with E-state index in [1.807, 2.05) is 0 Å². The molecular weight excluding hydrogens is 246 g/mol. The van der Waals surface area contributed by atoms with E-state index in [4.69, 9.17) is 4.42 Å². The van der Waals surface area contributed by atoms with Crippen LogP contribution in [0.25, 0.3) is 0 Å². The Hall–Kier alpha value is -1.78. The summed E-state index contributed by atoms with van der Waals surface area (Å²) in [5, 5.41) is 12.1. The Morgan fingerprint density at radius 1 is 1.32 bits per heavy atom. The van der Waals surface area contributed by atoms with E-state index in [1.54, 1.807) is 13.0 Å². The van der Waals surface area contributed by atoms with E-state index < -0.39 is 11.9 Å². The third kappa shape index (κ3) is 3.16. The smallest absolute Gasteiger partial charge is 0.308 e. The van der Waals surface area contributed by atoms with Gasteiger partial charge in [-0.3, -0.25) is 9.59 Å². The molecule has 0 radical (unpaired) electrons. The fraction of sp³-hybridized carbons (Fsp3) is 0.571. The van der Waals surface area contributed by atoms with E-state index in [9.17, 15) is 14.7 Å². The highest BCUT2D eigenvalue weighted by atomic mass is 16.4. The number of carboxylic acids is 1. The molecular formula is C14H19NO4. The summed E-state index contributed by atoms with van der Waals surface area (Å²) in [5.74, 6) is -1.00. The summed E-state index contributed by atoms with van der Waals surface area (Å²) in [6, 6.07) is 1.32. The van der Waals surface area contributed by atoms with E-state index in [1.165, 1.54) is 6.26 Å². The lowest BCUT2D eigenvalue weighted by molar-refractivity contribution is -0.142. The van der Waals surface area contributed by atoms with Gasteiger partial charge in [-0.25, -0.2) is 0 Å². The van der Waals surface area contributed by atoms with Crippen LogP contribution in [0.5, 0.6) is 0 Å². The van der Waals surface area contributed by atoms with Gasteiger partial charge >= 0.3 is 5.97 Å². The highest BCUT2D eigenvalue weighted by Crippen LogP contribution is 2.24. The van der Waals surface area contributed by atoms with Crippen LogP contribution in [-0.4, -0.2) is 23.0 Å². The fourth-order valence-corrected chi connectivity index (χ4v) is 2.64. The highest BCUT2D eigenvalue weighted by Gasteiger charge is 2.31. The predicted octanol–water partition coefficient (Wildman–Crippen LogP) is 2.35. The minimum atomic E-state index is -0.823. The van der Waals surface area contributed by atoms with Gasteiger partial charge in [-0.05, 0) is 25.8 Å². The molecule has 1 aromatic heterocycles. The number of hydrogen-bond donors (Lipinski definition) is 2. The maximum atomic E-state index is 12.1. The second-order valence-electron chi connectivity index (χ2n) is 5.05. The maximum Gasteiger partial charge on any atom is 0.308 e. The number of aryl methyl sites for hydroxylation is 1. The molecule has 0 saturated heterocycles. The summed E-state index contributed by atoms with van der Waals surface area (Å²) >= 11 is 0. The van der Waals surface area contributed by atoms with Crippen molar-refractivity contribution in [1.82, 2.24) is 5.32 Å². The first kappa shape index (κ1) is 13.6. The third-order valence-corrected chi connectivity index (χ3v) is 3.75. The van der Waals surface area contributed by atoms with Crippen molar-refractivity contribution in [2.45, 2.75) is 45.1 Å². The van der Waals surface area contributed by atoms with Gasteiger partial charge in [0.15, 0.2) is 0 Å². The monoisotopic (exact) mass is 265 g/mol. The highest BCUT2D eigenvalue weighted by molar-refractivity contribution is 5.95.